The van der Waals surface area contributed by atoms with Crippen molar-refractivity contribution in [2.75, 3.05) is 11.5 Å². The Morgan fingerprint density at radius 3 is 2.59 bits per heavy atom. The van der Waals surface area contributed by atoms with Crippen molar-refractivity contribution in [3.63, 3.8) is 0 Å². The first-order valence-electron chi connectivity index (χ1n) is 9.73. The molecule has 32 heavy (non-hydrogen) atoms. The molecule has 1 fully saturated rings. The number of furan rings is 1. The van der Waals surface area contributed by atoms with Crippen LogP contribution in [0.3, 0.4) is 0 Å². The topological polar surface area (TPSA) is 104 Å². The summed E-state index contributed by atoms with van der Waals surface area (Å²) in [5, 5.41) is 20.4. The molecule has 1 aromatic heterocycles. The second kappa shape index (κ2) is 8.61. The number of ketones is 1. The van der Waals surface area contributed by atoms with Gasteiger partial charge in [-0.2, -0.15) is 5.26 Å². The number of rotatable bonds is 5. The van der Waals surface area contributed by atoms with E-state index >= 15 is 0 Å². The summed E-state index contributed by atoms with van der Waals surface area (Å²) in [6.45, 7) is 2.21. The average molecular weight is 449 g/mol. The summed E-state index contributed by atoms with van der Waals surface area (Å²) < 4.78 is 11.0. The molecule has 7 nitrogen and oxygen atoms in total. The maximum atomic E-state index is 13.1. The molecule has 2 aromatic carbocycles. The van der Waals surface area contributed by atoms with E-state index in [2.05, 4.69) is 0 Å². The summed E-state index contributed by atoms with van der Waals surface area (Å²) in [5.41, 5.74) is 0.775. The van der Waals surface area contributed by atoms with Crippen LogP contribution in [0.4, 0.5) is 5.69 Å². The van der Waals surface area contributed by atoms with Crippen LogP contribution in [0.1, 0.15) is 29.9 Å². The first-order valence-corrected chi connectivity index (χ1v) is 10.1. The van der Waals surface area contributed by atoms with Crippen molar-refractivity contribution in [1.82, 2.24) is 0 Å². The standard InChI is InChI=1S/C24H17ClN2O5/c1-2-31-16-9-10-18(25)17(12-16)22(28)20-21(19-4-3-11-32-19)27(24(30)23(20)29)15-7-5-14(13-26)6-8-15/h3-12,21,28H,2H2,1H3/b22-20-. The minimum absolute atomic E-state index is 0.159. The van der Waals surface area contributed by atoms with E-state index in [1.165, 1.54) is 29.4 Å². The monoisotopic (exact) mass is 448 g/mol. The van der Waals surface area contributed by atoms with Gasteiger partial charge in [0.05, 0.1) is 35.1 Å². The Labute approximate surface area is 188 Å². The Hall–Kier alpha value is -4.02. The Morgan fingerprint density at radius 1 is 1.22 bits per heavy atom. The predicted octanol–water partition coefficient (Wildman–Crippen LogP) is 4.83. The van der Waals surface area contributed by atoms with E-state index in [9.17, 15) is 14.7 Å². The summed E-state index contributed by atoms with van der Waals surface area (Å²) in [5.74, 6) is -1.42. The summed E-state index contributed by atoms with van der Waals surface area (Å²) in [6, 6.07) is 15.1. The highest BCUT2D eigenvalue weighted by Crippen LogP contribution is 2.43. The lowest BCUT2D eigenvalue weighted by Crippen LogP contribution is -2.29. The van der Waals surface area contributed by atoms with Crippen LogP contribution in [0, 0.1) is 11.3 Å². The lowest BCUT2D eigenvalue weighted by Gasteiger charge is -2.23. The molecule has 8 heteroatoms. The van der Waals surface area contributed by atoms with Crippen LogP contribution < -0.4 is 9.64 Å². The number of nitriles is 1. The molecular formula is C24H17ClN2O5. The molecule has 1 N–H and O–H groups in total. The fourth-order valence-electron chi connectivity index (χ4n) is 3.60. The van der Waals surface area contributed by atoms with Crippen LogP contribution in [0.5, 0.6) is 5.75 Å². The minimum Gasteiger partial charge on any atom is -0.507 e. The highest BCUT2D eigenvalue weighted by atomic mass is 35.5. The molecule has 1 saturated heterocycles. The van der Waals surface area contributed by atoms with E-state index in [1.54, 1.807) is 36.4 Å². The lowest BCUT2D eigenvalue weighted by atomic mass is 9.99. The molecule has 0 saturated carbocycles. The molecule has 2 heterocycles. The number of aliphatic hydroxyl groups is 1. The molecular weight excluding hydrogens is 432 g/mol. The van der Waals surface area contributed by atoms with Gasteiger partial charge in [0, 0.05) is 11.3 Å². The van der Waals surface area contributed by atoms with Crippen molar-refractivity contribution in [3.8, 4) is 11.8 Å². The number of nitrogens with zero attached hydrogens (tertiary/aromatic N) is 2. The summed E-state index contributed by atoms with van der Waals surface area (Å²) in [6.07, 6.45) is 1.41. The van der Waals surface area contributed by atoms with Crippen LogP contribution in [-0.2, 0) is 9.59 Å². The van der Waals surface area contributed by atoms with Gasteiger partial charge >= 0.3 is 0 Å². The number of halogens is 1. The number of anilines is 1. The highest BCUT2D eigenvalue weighted by molar-refractivity contribution is 6.51. The zero-order valence-corrected chi connectivity index (χ0v) is 17.7. The molecule has 1 unspecified atom stereocenters. The second-order valence-corrected chi connectivity index (χ2v) is 7.33. The number of benzene rings is 2. The molecule has 0 aliphatic carbocycles. The third-order valence-corrected chi connectivity index (χ3v) is 5.37. The molecule has 0 radical (unpaired) electrons. The average Bonchev–Trinajstić information content (AvgIpc) is 3.42. The van der Waals surface area contributed by atoms with Gasteiger partial charge in [0.1, 0.15) is 23.3 Å². The van der Waals surface area contributed by atoms with Gasteiger partial charge in [-0.1, -0.05) is 11.6 Å². The van der Waals surface area contributed by atoms with Gasteiger partial charge in [-0.15, -0.1) is 0 Å². The number of hydrogen-bond donors (Lipinski definition) is 1. The van der Waals surface area contributed by atoms with Crippen LogP contribution in [0.15, 0.2) is 70.9 Å². The maximum absolute atomic E-state index is 13.1. The predicted molar refractivity (Wildman–Crippen MR) is 117 cm³/mol. The summed E-state index contributed by atoms with van der Waals surface area (Å²) in [4.78, 5) is 27.3. The normalized spacial score (nSPS) is 17.4. The molecule has 1 aliphatic rings. The quantitative estimate of drug-likeness (QED) is 0.340. The first kappa shape index (κ1) is 21.2. The fourth-order valence-corrected chi connectivity index (χ4v) is 3.81. The van der Waals surface area contributed by atoms with Gasteiger partial charge in [-0.05, 0) is 61.5 Å². The second-order valence-electron chi connectivity index (χ2n) is 6.92. The fraction of sp³-hybridized carbons (Fsp3) is 0.125. The highest BCUT2D eigenvalue weighted by Gasteiger charge is 2.48. The number of Topliss-reactive ketones (excluding diaryl/α,β-unsaturated/α-hetero) is 1. The van der Waals surface area contributed by atoms with E-state index in [0.29, 0.717) is 23.6 Å². The summed E-state index contributed by atoms with van der Waals surface area (Å²) >= 11 is 6.30. The van der Waals surface area contributed by atoms with Crippen molar-refractivity contribution in [1.29, 1.82) is 5.26 Å². The molecule has 1 amide bonds. The van der Waals surface area contributed by atoms with Gasteiger partial charge in [-0.3, -0.25) is 14.5 Å². The van der Waals surface area contributed by atoms with Crippen LogP contribution in [0.25, 0.3) is 5.76 Å². The van der Waals surface area contributed by atoms with E-state index < -0.39 is 23.5 Å². The zero-order chi connectivity index (χ0) is 22.8. The van der Waals surface area contributed by atoms with E-state index in [0.717, 1.165) is 0 Å². The van der Waals surface area contributed by atoms with Crippen molar-refractivity contribution in [2.45, 2.75) is 13.0 Å². The maximum Gasteiger partial charge on any atom is 0.300 e. The molecule has 0 spiro atoms. The molecule has 160 valence electrons. The number of hydrogen-bond acceptors (Lipinski definition) is 6. The van der Waals surface area contributed by atoms with E-state index in [1.807, 2.05) is 13.0 Å². The van der Waals surface area contributed by atoms with E-state index in [-0.39, 0.29) is 21.9 Å². The third kappa shape index (κ3) is 3.61. The van der Waals surface area contributed by atoms with Gasteiger partial charge < -0.3 is 14.3 Å². The minimum atomic E-state index is -1.02. The number of carbonyl (C=O) groups is 2. The number of aliphatic hydroxyl groups excluding tert-OH is 1. The van der Waals surface area contributed by atoms with Gasteiger partial charge in [0.2, 0.25) is 0 Å². The summed E-state index contributed by atoms with van der Waals surface area (Å²) in [7, 11) is 0. The Morgan fingerprint density at radius 2 is 1.97 bits per heavy atom. The lowest BCUT2D eigenvalue weighted by molar-refractivity contribution is -0.132. The van der Waals surface area contributed by atoms with E-state index in [4.69, 9.17) is 26.0 Å². The SMILES string of the molecule is CCOc1ccc(Cl)c(/C(O)=C2/C(=O)C(=O)N(c3ccc(C#N)cc3)C2c2ccco2)c1. The van der Waals surface area contributed by atoms with Gasteiger partial charge in [0.25, 0.3) is 11.7 Å². The van der Waals surface area contributed by atoms with Crippen LogP contribution in [0.2, 0.25) is 5.02 Å². The smallest absolute Gasteiger partial charge is 0.300 e. The number of ether oxygens (including phenoxy) is 1. The molecule has 1 atom stereocenters. The van der Waals surface area contributed by atoms with Crippen molar-refractivity contribution < 1.29 is 23.8 Å². The molecule has 4 rings (SSSR count). The van der Waals surface area contributed by atoms with Crippen LogP contribution >= 0.6 is 11.6 Å². The largest absolute Gasteiger partial charge is 0.507 e. The zero-order valence-electron chi connectivity index (χ0n) is 16.9. The van der Waals surface area contributed by atoms with Crippen molar-refractivity contribution in [3.05, 3.63) is 88.3 Å². The molecule has 1 aliphatic heterocycles. The number of carbonyl (C=O) groups excluding carboxylic acids is 2. The number of amides is 1. The van der Waals surface area contributed by atoms with Crippen molar-refractivity contribution in [2.24, 2.45) is 0 Å². The Bertz CT molecular complexity index is 1260. The van der Waals surface area contributed by atoms with Gasteiger partial charge in [-0.25, -0.2) is 0 Å². The van der Waals surface area contributed by atoms with Crippen molar-refractivity contribution >= 4 is 34.7 Å². The van der Waals surface area contributed by atoms with Gasteiger partial charge in [0.15, 0.2) is 0 Å². The van der Waals surface area contributed by atoms with Crippen LogP contribution in [-0.4, -0.2) is 23.4 Å². The first-order chi connectivity index (χ1) is 15.5. The Kier molecular flexibility index (Phi) is 5.71. The Balaban J connectivity index is 1.91. The molecule has 3 aromatic rings. The third-order valence-electron chi connectivity index (χ3n) is 5.04. The molecule has 0 bridgehead atoms.